The van der Waals surface area contributed by atoms with Crippen LogP contribution in [-0.4, -0.2) is 30.7 Å². The summed E-state index contributed by atoms with van der Waals surface area (Å²) in [6.45, 7) is -0.0539. The maximum absolute atomic E-state index is 11.9. The van der Waals surface area contributed by atoms with Crippen LogP contribution in [0.5, 0.6) is 11.5 Å². The number of esters is 2. The van der Waals surface area contributed by atoms with Crippen molar-refractivity contribution in [1.82, 2.24) is 0 Å². The van der Waals surface area contributed by atoms with Crippen molar-refractivity contribution in [2.24, 2.45) is 0 Å². The number of ether oxygens (including phenoxy) is 3. The molecule has 0 saturated heterocycles. The van der Waals surface area contributed by atoms with Crippen molar-refractivity contribution in [3.8, 4) is 11.5 Å². The molecule has 0 atom stereocenters. The van der Waals surface area contributed by atoms with Crippen molar-refractivity contribution in [2.45, 2.75) is 24.3 Å². The molecule has 31 heavy (non-hydrogen) atoms. The van der Waals surface area contributed by atoms with Crippen molar-refractivity contribution in [1.29, 1.82) is 0 Å². The van der Waals surface area contributed by atoms with Crippen molar-refractivity contribution in [3.63, 3.8) is 0 Å². The van der Waals surface area contributed by atoms with E-state index in [1.807, 2.05) is 24.3 Å². The molecule has 2 aromatic carbocycles. The number of benzene rings is 2. The van der Waals surface area contributed by atoms with E-state index in [9.17, 15) is 19.7 Å². The van der Waals surface area contributed by atoms with E-state index in [1.165, 1.54) is 19.3 Å². The fourth-order valence-corrected chi connectivity index (χ4v) is 2.51. The van der Waals surface area contributed by atoms with E-state index in [-0.39, 0.29) is 37.6 Å². The second kappa shape index (κ2) is 12.2. The van der Waals surface area contributed by atoms with Gasteiger partial charge in [-0.3, -0.25) is 4.79 Å². The van der Waals surface area contributed by atoms with Gasteiger partial charge in [-0.15, -0.1) is 22.7 Å². The smallest absolute Gasteiger partial charge is 0.331 e. The number of carbonyl (C=O) groups excluding carboxylic acids is 2. The topological polar surface area (TPSA) is 114 Å². The first-order valence-electron chi connectivity index (χ1n) is 9.16. The Labute approximate surface area is 184 Å². The predicted molar refractivity (Wildman–Crippen MR) is 113 cm³/mol. The number of hydrogen-bond donors (Lipinski definition) is 1. The zero-order valence-electron chi connectivity index (χ0n) is 16.7. The van der Waals surface area contributed by atoms with E-state index in [4.69, 9.17) is 14.2 Å². The van der Waals surface area contributed by atoms with E-state index >= 15 is 0 Å². The lowest BCUT2D eigenvalue weighted by Gasteiger charge is -2.10. The van der Waals surface area contributed by atoms with Crippen molar-refractivity contribution in [3.05, 3.63) is 69.8 Å². The highest BCUT2D eigenvalue weighted by molar-refractivity contribution is 7.80. The van der Waals surface area contributed by atoms with Crippen molar-refractivity contribution in [2.75, 3.05) is 13.7 Å². The third-order valence-corrected chi connectivity index (χ3v) is 4.16. The third kappa shape index (κ3) is 8.79. The molecule has 2 aromatic rings. The molecule has 0 aromatic heterocycles. The molecule has 0 unspecified atom stereocenters. The average molecular weight is 447 g/mol. The van der Waals surface area contributed by atoms with Crippen LogP contribution in [0.25, 0.3) is 6.08 Å². The Bertz CT molecular complexity index is 943. The van der Waals surface area contributed by atoms with Gasteiger partial charge in [0.15, 0.2) is 11.5 Å². The quantitative estimate of drug-likeness (QED) is 0.106. The Kier molecular flexibility index (Phi) is 9.37. The number of thiol groups is 1. The largest absolute Gasteiger partial charge is 0.493 e. The summed E-state index contributed by atoms with van der Waals surface area (Å²) < 4.78 is 15.6. The van der Waals surface area contributed by atoms with Gasteiger partial charge in [0.25, 0.3) is 5.09 Å². The Morgan fingerprint density at radius 3 is 2.55 bits per heavy atom. The fraction of sp³-hybridized carbons (Fsp3) is 0.238. The molecule has 2 rings (SSSR count). The number of rotatable bonds is 11. The van der Waals surface area contributed by atoms with Gasteiger partial charge in [0.05, 0.1) is 13.7 Å². The van der Waals surface area contributed by atoms with Gasteiger partial charge in [-0.05, 0) is 47.9 Å². The summed E-state index contributed by atoms with van der Waals surface area (Å²) in [4.78, 5) is 38.8. The standard InChI is InChI=1S/C21H21NO8S/c1-27-19-13-15(6-10-18(19)30-21(24)3-2-12-29-22(25)26)7-11-20(23)28-14-16-4-8-17(31)9-5-16/h4-11,13,31H,2-3,12,14H2,1H3/b11-7+. The lowest BCUT2D eigenvalue weighted by molar-refractivity contribution is -0.757. The molecule has 164 valence electrons. The van der Waals surface area contributed by atoms with Crippen LogP contribution in [0, 0.1) is 10.1 Å². The molecule has 0 fully saturated rings. The minimum Gasteiger partial charge on any atom is -0.493 e. The number of methoxy groups -OCH3 is 1. The summed E-state index contributed by atoms with van der Waals surface area (Å²) in [5.74, 6) is -0.614. The van der Waals surface area contributed by atoms with Crippen LogP contribution in [0.1, 0.15) is 24.0 Å². The van der Waals surface area contributed by atoms with Crippen molar-refractivity contribution < 1.29 is 33.7 Å². The maximum atomic E-state index is 11.9. The van der Waals surface area contributed by atoms with Crippen LogP contribution in [0.3, 0.4) is 0 Å². The summed E-state index contributed by atoms with van der Waals surface area (Å²) in [5.41, 5.74) is 1.48. The minimum absolute atomic E-state index is 0.0544. The Morgan fingerprint density at radius 1 is 1.13 bits per heavy atom. The fourth-order valence-electron chi connectivity index (χ4n) is 2.36. The lowest BCUT2D eigenvalue weighted by atomic mass is 10.2. The highest BCUT2D eigenvalue weighted by Gasteiger charge is 2.11. The number of hydrogen-bond acceptors (Lipinski definition) is 9. The van der Waals surface area contributed by atoms with E-state index in [0.29, 0.717) is 5.56 Å². The monoisotopic (exact) mass is 447 g/mol. The van der Waals surface area contributed by atoms with Gasteiger partial charge in [0.1, 0.15) is 6.61 Å². The summed E-state index contributed by atoms with van der Waals surface area (Å²) in [7, 11) is 1.41. The third-order valence-electron chi connectivity index (χ3n) is 3.86. The van der Waals surface area contributed by atoms with E-state index in [1.54, 1.807) is 18.2 Å². The molecule has 0 spiro atoms. The summed E-state index contributed by atoms with van der Waals surface area (Å²) in [6, 6.07) is 12.0. The van der Waals surface area contributed by atoms with Crippen LogP contribution >= 0.6 is 12.6 Å². The number of carbonyl (C=O) groups is 2. The molecule has 0 aliphatic carbocycles. The SMILES string of the molecule is COc1cc(/C=C/C(=O)OCc2ccc(S)cc2)ccc1OC(=O)CCCO[N+](=O)[O-]. The molecule has 0 bridgehead atoms. The summed E-state index contributed by atoms with van der Waals surface area (Å²) in [5, 5.41) is 9.15. The summed E-state index contributed by atoms with van der Waals surface area (Å²) in [6.07, 6.45) is 2.91. The van der Waals surface area contributed by atoms with Crippen LogP contribution in [-0.2, 0) is 25.8 Å². The van der Waals surface area contributed by atoms with Gasteiger partial charge in [-0.2, -0.15) is 0 Å². The normalized spacial score (nSPS) is 10.5. The average Bonchev–Trinajstić information content (AvgIpc) is 2.75. The molecule has 0 radical (unpaired) electrons. The Morgan fingerprint density at radius 2 is 1.87 bits per heavy atom. The summed E-state index contributed by atoms with van der Waals surface area (Å²) >= 11 is 4.20. The van der Waals surface area contributed by atoms with Gasteiger partial charge in [-0.1, -0.05) is 18.2 Å². The van der Waals surface area contributed by atoms with Gasteiger partial charge in [0, 0.05) is 17.4 Å². The van der Waals surface area contributed by atoms with Crippen molar-refractivity contribution >= 4 is 30.6 Å². The molecule has 0 heterocycles. The Hall–Kier alpha value is -3.53. The van der Waals surface area contributed by atoms with Crippen LogP contribution in [0.15, 0.2) is 53.4 Å². The van der Waals surface area contributed by atoms with Gasteiger partial charge in [-0.25, -0.2) is 4.79 Å². The highest BCUT2D eigenvalue weighted by Crippen LogP contribution is 2.29. The maximum Gasteiger partial charge on any atom is 0.331 e. The van der Waals surface area contributed by atoms with E-state index in [2.05, 4.69) is 17.5 Å². The lowest BCUT2D eigenvalue weighted by Crippen LogP contribution is -2.11. The molecule has 0 amide bonds. The minimum atomic E-state index is -0.921. The molecular formula is C21H21NO8S. The highest BCUT2D eigenvalue weighted by atomic mass is 32.1. The zero-order chi connectivity index (χ0) is 22.6. The molecule has 0 aliphatic heterocycles. The second-order valence-corrected chi connectivity index (χ2v) is 6.67. The van der Waals surface area contributed by atoms with E-state index < -0.39 is 17.0 Å². The molecule has 0 aliphatic rings. The molecule has 0 N–H and O–H groups in total. The second-order valence-electron chi connectivity index (χ2n) is 6.15. The molecule has 0 saturated carbocycles. The first-order valence-corrected chi connectivity index (χ1v) is 9.61. The van der Waals surface area contributed by atoms with E-state index in [0.717, 1.165) is 10.5 Å². The van der Waals surface area contributed by atoms with Gasteiger partial charge < -0.3 is 19.0 Å². The first kappa shape index (κ1) is 23.7. The zero-order valence-corrected chi connectivity index (χ0v) is 17.6. The molecular weight excluding hydrogens is 426 g/mol. The number of nitrogens with zero attached hydrogens (tertiary/aromatic N) is 1. The van der Waals surface area contributed by atoms with Crippen LogP contribution < -0.4 is 9.47 Å². The first-order chi connectivity index (χ1) is 14.9. The van der Waals surface area contributed by atoms with Gasteiger partial charge in [0.2, 0.25) is 0 Å². The van der Waals surface area contributed by atoms with Crippen LogP contribution in [0.4, 0.5) is 0 Å². The molecule has 10 heteroatoms. The molecule has 9 nitrogen and oxygen atoms in total. The van der Waals surface area contributed by atoms with Gasteiger partial charge >= 0.3 is 11.9 Å². The predicted octanol–water partition coefficient (Wildman–Crippen LogP) is 3.63. The van der Waals surface area contributed by atoms with Crippen LogP contribution in [0.2, 0.25) is 0 Å². The Balaban J connectivity index is 1.88.